The van der Waals surface area contributed by atoms with Crippen molar-refractivity contribution in [2.24, 2.45) is 11.8 Å². The fraction of sp³-hybridized carbons (Fsp3) is 0.500. The zero-order chi connectivity index (χ0) is 18.8. The lowest BCUT2D eigenvalue weighted by Gasteiger charge is -2.22. The largest absolute Gasteiger partial charge is 0.467 e. The third-order valence-corrected chi connectivity index (χ3v) is 3.76. The van der Waals surface area contributed by atoms with Crippen molar-refractivity contribution >= 4 is 17.8 Å². The number of amides is 2. The van der Waals surface area contributed by atoms with E-state index in [-0.39, 0.29) is 12.3 Å². The quantitative estimate of drug-likeness (QED) is 0.355. The van der Waals surface area contributed by atoms with Crippen molar-refractivity contribution in [3.05, 3.63) is 35.9 Å². The van der Waals surface area contributed by atoms with Gasteiger partial charge in [0.25, 0.3) is 0 Å². The van der Waals surface area contributed by atoms with Crippen molar-refractivity contribution in [1.29, 1.82) is 0 Å². The Morgan fingerprint density at radius 1 is 1.16 bits per heavy atom. The number of hydrogen-bond donors (Lipinski definition) is 3. The summed E-state index contributed by atoms with van der Waals surface area (Å²) in [6.45, 7) is 3.87. The lowest BCUT2D eigenvalue weighted by atomic mass is 9.94. The van der Waals surface area contributed by atoms with Crippen molar-refractivity contribution in [2.75, 3.05) is 7.11 Å². The van der Waals surface area contributed by atoms with E-state index >= 15 is 0 Å². The summed E-state index contributed by atoms with van der Waals surface area (Å²) < 4.78 is 4.74. The molecule has 0 aliphatic heterocycles. The number of benzene rings is 1. The van der Waals surface area contributed by atoms with Crippen LogP contribution in [0, 0.1) is 11.8 Å². The Bertz CT molecular complexity index is 574. The SMILES string of the molecule is COC(=O)[C@H](CC(C)C)NC(=O)[C@@H](CC(=O)NO)Cc1ccccc1. The molecule has 0 radical (unpaired) electrons. The molecule has 0 saturated carbocycles. The van der Waals surface area contributed by atoms with E-state index in [1.54, 1.807) is 5.48 Å². The van der Waals surface area contributed by atoms with Crippen LogP contribution < -0.4 is 10.8 Å². The summed E-state index contributed by atoms with van der Waals surface area (Å²) in [5, 5.41) is 11.4. The smallest absolute Gasteiger partial charge is 0.328 e. The lowest BCUT2D eigenvalue weighted by molar-refractivity contribution is -0.146. The van der Waals surface area contributed by atoms with Gasteiger partial charge in [-0.3, -0.25) is 14.8 Å². The molecule has 7 heteroatoms. The average molecular weight is 350 g/mol. The van der Waals surface area contributed by atoms with Crippen molar-refractivity contribution in [2.45, 2.75) is 39.2 Å². The Balaban J connectivity index is 2.88. The van der Waals surface area contributed by atoms with Crippen LogP contribution in [0.2, 0.25) is 0 Å². The second kappa shape index (κ2) is 10.5. The van der Waals surface area contributed by atoms with Crippen LogP contribution in [0.25, 0.3) is 0 Å². The van der Waals surface area contributed by atoms with Crippen LogP contribution in [0.5, 0.6) is 0 Å². The van der Waals surface area contributed by atoms with E-state index < -0.39 is 29.7 Å². The molecule has 0 aliphatic carbocycles. The molecule has 1 aromatic rings. The predicted octanol–water partition coefficient (Wildman–Crippen LogP) is 1.44. The molecule has 0 unspecified atom stereocenters. The summed E-state index contributed by atoms with van der Waals surface area (Å²) >= 11 is 0. The number of nitrogens with one attached hydrogen (secondary N) is 2. The number of hydrogen-bond acceptors (Lipinski definition) is 5. The van der Waals surface area contributed by atoms with Crippen molar-refractivity contribution in [3.63, 3.8) is 0 Å². The fourth-order valence-corrected chi connectivity index (χ4v) is 2.54. The van der Waals surface area contributed by atoms with Crippen LogP contribution in [0.3, 0.4) is 0 Å². The number of carbonyl (C=O) groups excluding carboxylic acids is 3. The standard InChI is InChI=1S/C18H26N2O5/c1-12(2)9-15(18(23)25-3)19-17(22)14(11-16(21)20-24)10-13-7-5-4-6-8-13/h4-8,12,14-15,24H,9-11H2,1-3H3,(H,19,22)(H,20,21)/t14-,15+/m1/s1. The van der Waals surface area contributed by atoms with Gasteiger partial charge in [0.2, 0.25) is 11.8 Å². The highest BCUT2D eigenvalue weighted by Crippen LogP contribution is 2.15. The van der Waals surface area contributed by atoms with Gasteiger partial charge in [-0.25, -0.2) is 10.3 Å². The highest BCUT2D eigenvalue weighted by molar-refractivity contribution is 5.89. The summed E-state index contributed by atoms with van der Waals surface area (Å²) in [5.74, 6) is -2.14. The molecule has 0 aliphatic rings. The van der Waals surface area contributed by atoms with Gasteiger partial charge in [0, 0.05) is 6.42 Å². The Labute approximate surface area is 147 Å². The summed E-state index contributed by atoms with van der Waals surface area (Å²) in [4.78, 5) is 36.1. The first kappa shape index (κ1) is 20.6. The van der Waals surface area contributed by atoms with E-state index in [1.165, 1.54) is 7.11 Å². The normalized spacial score (nSPS) is 13.0. The van der Waals surface area contributed by atoms with E-state index in [9.17, 15) is 14.4 Å². The molecule has 1 aromatic carbocycles. The molecular formula is C18H26N2O5. The minimum Gasteiger partial charge on any atom is -0.467 e. The minimum atomic E-state index is -0.770. The summed E-state index contributed by atoms with van der Waals surface area (Å²) in [5.41, 5.74) is 2.43. The number of rotatable bonds is 9. The first-order valence-corrected chi connectivity index (χ1v) is 8.22. The predicted molar refractivity (Wildman–Crippen MR) is 91.6 cm³/mol. The summed E-state index contributed by atoms with van der Waals surface area (Å²) in [7, 11) is 1.27. The maximum atomic E-state index is 12.6. The van der Waals surface area contributed by atoms with E-state index in [4.69, 9.17) is 9.94 Å². The molecule has 0 aromatic heterocycles. The van der Waals surface area contributed by atoms with E-state index in [0.29, 0.717) is 12.8 Å². The highest BCUT2D eigenvalue weighted by atomic mass is 16.5. The molecule has 3 N–H and O–H groups in total. The minimum absolute atomic E-state index is 0.178. The third kappa shape index (κ3) is 7.34. The number of hydroxylamine groups is 1. The topological polar surface area (TPSA) is 105 Å². The first-order valence-electron chi connectivity index (χ1n) is 8.22. The molecule has 0 bridgehead atoms. The number of esters is 1. The molecule has 25 heavy (non-hydrogen) atoms. The van der Waals surface area contributed by atoms with Crippen molar-refractivity contribution in [1.82, 2.24) is 10.8 Å². The van der Waals surface area contributed by atoms with Gasteiger partial charge in [0.1, 0.15) is 6.04 Å². The summed E-state index contributed by atoms with van der Waals surface area (Å²) in [6.07, 6.45) is 0.561. The van der Waals surface area contributed by atoms with Crippen LogP contribution >= 0.6 is 0 Å². The lowest BCUT2D eigenvalue weighted by Crippen LogP contribution is -2.46. The molecule has 0 spiro atoms. The van der Waals surface area contributed by atoms with Gasteiger partial charge >= 0.3 is 5.97 Å². The number of methoxy groups -OCH3 is 1. The molecule has 2 atom stereocenters. The summed E-state index contributed by atoms with van der Waals surface area (Å²) in [6, 6.07) is 8.47. The maximum absolute atomic E-state index is 12.6. The van der Waals surface area contributed by atoms with Gasteiger partial charge in [-0.15, -0.1) is 0 Å². The van der Waals surface area contributed by atoms with Crippen molar-refractivity contribution in [3.8, 4) is 0 Å². The second-order valence-corrected chi connectivity index (χ2v) is 6.34. The molecule has 0 saturated heterocycles. The zero-order valence-electron chi connectivity index (χ0n) is 14.8. The zero-order valence-corrected chi connectivity index (χ0v) is 14.8. The third-order valence-electron chi connectivity index (χ3n) is 3.76. The van der Waals surface area contributed by atoms with Gasteiger partial charge in [-0.1, -0.05) is 44.2 Å². The first-order chi connectivity index (χ1) is 11.9. The van der Waals surface area contributed by atoms with Crippen LogP contribution in [0.4, 0.5) is 0 Å². The van der Waals surface area contributed by atoms with E-state index in [2.05, 4.69) is 5.32 Å². The number of carbonyl (C=O) groups is 3. The highest BCUT2D eigenvalue weighted by Gasteiger charge is 2.28. The molecule has 0 heterocycles. The van der Waals surface area contributed by atoms with Crippen LogP contribution in [-0.2, 0) is 25.5 Å². The Hall–Kier alpha value is -2.41. The van der Waals surface area contributed by atoms with Gasteiger partial charge in [0.15, 0.2) is 0 Å². The fourth-order valence-electron chi connectivity index (χ4n) is 2.54. The van der Waals surface area contributed by atoms with Crippen LogP contribution in [-0.4, -0.2) is 36.1 Å². The molecule has 0 fully saturated rings. The molecule has 2 amide bonds. The Morgan fingerprint density at radius 2 is 1.80 bits per heavy atom. The second-order valence-electron chi connectivity index (χ2n) is 6.34. The Kier molecular flexibility index (Phi) is 8.63. The molecule has 1 rings (SSSR count). The maximum Gasteiger partial charge on any atom is 0.328 e. The van der Waals surface area contributed by atoms with Crippen molar-refractivity contribution < 1.29 is 24.3 Å². The monoisotopic (exact) mass is 350 g/mol. The van der Waals surface area contributed by atoms with Crippen LogP contribution in [0.15, 0.2) is 30.3 Å². The average Bonchev–Trinajstić information content (AvgIpc) is 2.60. The number of ether oxygens (including phenoxy) is 1. The molecule has 7 nitrogen and oxygen atoms in total. The van der Waals surface area contributed by atoms with Gasteiger partial charge in [-0.2, -0.15) is 0 Å². The van der Waals surface area contributed by atoms with E-state index in [1.807, 2.05) is 44.2 Å². The Morgan fingerprint density at radius 3 is 2.32 bits per heavy atom. The van der Waals surface area contributed by atoms with E-state index in [0.717, 1.165) is 5.56 Å². The van der Waals surface area contributed by atoms with Gasteiger partial charge < -0.3 is 10.1 Å². The van der Waals surface area contributed by atoms with Crippen LogP contribution in [0.1, 0.15) is 32.3 Å². The van der Waals surface area contributed by atoms with Gasteiger partial charge in [0.05, 0.1) is 13.0 Å². The molecular weight excluding hydrogens is 324 g/mol. The molecule has 138 valence electrons. The van der Waals surface area contributed by atoms with Gasteiger partial charge in [-0.05, 0) is 24.3 Å².